The molecule has 0 bridgehead atoms. The molecular formula is C17H15ClN2O3. The van der Waals surface area contributed by atoms with Gasteiger partial charge in [0.15, 0.2) is 5.58 Å². The Bertz CT molecular complexity index is 843. The predicted molar refractivity (Wildman–Crippen MR) is 89.4 cm³/mol. The van der Waals surface area contributed by atoms with Crippen LogP contribution >= 0.6 is 11.6 Å². The maximum absolute atomic E-state index is 11.3. The third-order valence-corrected chi connectivity index (χ3v) is 3.87. The molecule has 118 valence electrons. The number of aliphatic carboxylic acids is 1. The fraction of sp³-hybridized carbons (Fsp3) is 0.176. The molecule has 0 aliphatic heterocycles. The van der Waals surface area contributed by atoms with Gasteiger partial charge in [-0.3, -0.25) is 4.79 Å². The highest BCUT2D eigenvalue weighted by Gasteiger charge is 2.19. The number of carbonyl (C=O) groups is 1. The Morgan fingerprint density at radius 2 is 2.04 bits per heavy atom. The van der Waals surface area contributed by atoms with E-state index in [-0.39, 0.29) is 0 Å². The second-order valence-corrected chi connectivity index (χ2v) is 5.61. The number of hydrogen-bond acceptors (Lipinski definition) is 4. The topological polar surface area (TPSA) is 75.4 Å². The second-order valence-electron chi connectivity index (χ2n) is 5.18. The summed E-state index contributed by atoms with van der Waals surface area (Å²) < 4.78 is 5.67. The fourth-order valence-corrected chi connectivity index (χ4v) is 2.55. The van der Waals surface area contributed by atoms with Crippen molar-refractivity contribution < 1.29 is 14.3 Å². The SMILES string of the molecule is CCC(C(=O)O)c1ccc2nc(Nc3ccc(Cl)cc3)oc2c1. The Labute approximate surface area is 137 Å². The number of oxazole rings is 1. The van der Waals surface area contributed by atoms with Gasteiger partial charge in [0.2, 0.25) is 0 Å². The van der Waals surface area contributed by atoms with Crippen molar-refractivity contribution in [2.24, 2.45) is 0 Å². The number of benzene rings is 2. The Kier molecular flexibility index (Phi) is 4.21. The first-order valence-electron chi connectivity index (χ1n) is 7.22. The minimum Gasteiger partial charge on any atom is -0.481 e. The van der Waals surface area contributed by atoms with Crippen LogP contribution in [-0.2, 0) is 4.79 Å². The van der Waals surface area contributed by atoms with E-state index in [0.717, 1.165) is 5.69 Å². The largest absolute Gasteiger partial charge is 0.481 e. The minimum absolute atomic E-state index is 0.350. The molecule has 0 saturated heterocycles. The first-order valence-corrected chi connectivity index (χ1v) is 7.60. The van der Waals surface area contributed by atoms with Crippen molar-refractivity contribution in [3.8, 4) is 0 Å². The highest BCUT2D eigenvalue weighted by atomic mass is 35.5. The zero-order valence-corrected chi connectivity index (χ0v) is 13.2. The third kappa shape index (κ3) is 3.29. The molecule has 23 heavy (non-hydrogen) atoms. The van der Waals surface area contributed by atoms with E-state index in [1.165, 1.54) is 0 Å². The molecule has 0 amide bonds. The molecule has 1 unspecified atom stereocenters. The highest BCUT2D eigenvalue weighted by molar-refractivity contribution is 6.30. The molecular weight excluding hydrogens is 316 g/mol. The minimum atomic E-state index is -0.842. The summed E-state index contributed by atoms with van der Waals surface area (Å²) >= 11 is 5.85. The van der Waals surface area contributed by atoms with E-state index in [1.54, 1.807) is 30.3 Å². The summed E-state index contributed by atoms with van der Waals surface area (Å²) in [6.07, 6.45) is 0.519. The number of hydrogen-bond donors (Lipinski definition) is 2. The average molecular weight is 331 g/mol. The number of carboxylic acids is 1. The molecule has 0 radical (unpaired) electrons. The molecule has 0 fully saturated rings. The zero-order chi connectivity index (χ0) is 16.4. The summed E-state index contributed by atoms with van der Waals surface area (Å²) in [7, 11) is 0. The molecule has 2 N–H and O–H groups in total. The molecule has 5 nitrogen and oxygen atoms in total. The van der Waals surface area contributed by atoms with Gasteiger partial charge in [-0.25, -0.2) is 0 Å². The average Bonchev–Trinajstić information content (AvgIpc) is 2.91. The maximum atomic E-state index is 11.3. The molecule has 3 rings (SSSR count). The Morgan fingerprint density at radius 1 is 1.30 bits per heavy atom. The highest BCUT2D eigenvalue weighted by Crippen LogP contribution is 2.27. The summed E-state index contributed by atoms with van der Waals surface area (Å²) in [5, 5.41) is 13.0. The smallest absolute Gasteiger partial charge is 0.310 e. The predicted octanol–water partition coefficient (Wildman–Crippen LogP) is 4.80. The summed E-state index contributed by atoms with van der Waals surface area (Å²) in [4.78, 5) is 15.6. The van der Waals surface area contributed by atoms with E-state index in [1.807, 2.05) is 19.1 Å². The summed E-state index contributed by atoms with van der Waals surface area (Å²) in [6.45, 7) is 1.84. The quantitative estimate of drug-likeness (QED) is 0.702. The Hall–Kier alpha value is -2.53. The van der Waals surface area contributed by atoms with Crippen molar-refractivity contribution >= 4 is 40.4 Å². The van der Waals surface area contributed by atoms with Crippen LogP contribution in [0.1, 0.15) is 24.8 Å². The maximum Gasteiger partial charge on any atom is 0.310 e. The molecule has 0 aliphatic rings. The first kappa shape index (κ1) is 15.4. The van der Waals surface area contributed by atoms with Crippen molar-refractivity contribution in [2.45, 2.75) is 19.3 Å². The van der Waals surface area contributed by atoms with Gasteiger partial charge in [0.25, 0.3) is 6.01 Å². The number of nitrogens with one attached hydrogen (secondary N) is 1. The molecule has 2 aromatic carbocycles. The lowest BCUT2D eigenvalue weighted by molar-refractivity contribution is -0.138. The lowest BCUT2D eigenvalue weighted by Crippen LogP contribution is -2.10. The number of nitrogens with zero attached hydrogens (tertiary/aromatic N) is 1. The first-order chi connectivity index (χ1) is 11.1. The molecule has 1 heterocycles. The summed E-state index contributed by atoms with van der Waals surface area (Å²) in [5.74, 6) is -1.39. The lowest BCUT2D eigenvalue weighted by atomic mass is 9.96. The summed E-state index contributed by atoms with van der Waals surface area (Å²) in [6, 6.07) is 12.8. The molecule has 0 spiro atoms. The fourth-order valence-electron chi connectivity index (χ4n) is 2.42. The van der Waals surface area contributed by atoms with Crippen LogP contribution in [0.2, 0.25) is 5.02 Å². The van der Waals surface area contributed by atoms with Crippen LogP contribution in [0.25, 0.3) is 11.1 Å². The number of aromatic nitrogens is 1. The van der Waals surface area contributed by atoms with Crippen LogP contribution in [0.15, 0.2) is 46.9 Å². The van der Waals surface area contributed by atoms with Crippen LogP contribution in [-0.4, -0.2) is 16.1 Å². The van der Waals surface area contributed by atoms with Crippen molar-refractivity contribution in [2.75, 3.05) is 5.32 Å². The van der Waals surface area contributed by atoms with Crippen molar-refractivity contribution in [3.63, 3.8) is 0 Å². The van der Waals surface area contributed by atoms with Crippen LogP contribution in [0.5, 0.6) is 0 Å². The Balaban J connectivity index is 1.89. The normalized spacial score (nSPS) is 12.3. The molecule has 0 saturated carbocycles. The van der Waals surface area contributed by atoms with Gasteiger partial charge < -0.3 is 14.8 Å². The number of anilines is 2. The van der Waals surface area contributed by atoms with Crippen LogP contribution < -0.4 is 5.32 Å². The molecule has 3 aromatic rings. The van der Waals surface area contributed by atoms with E-state index in [4.69, 9.17) is 16.0 Å². The van der Waals surface area contributed by atoms with Crippen molar-refractivity contribution in [3.05, 3.63) is 53.1 Å². The monoisotopic (exact) mass is 330 g/mol. The van der Waals surface area contributed by atoms with Gasteiger partial charge >= 0.3 is 5.97 Å². The second kappa shape index (κ2) is 6.30. The van der Waals surface area contributed by atoms with Gasteiger partial charge in [-0.15, -0.1) is 0 Å². The van der Waals surface area contributed by atoms with E-state index >= 15 is 0 Å². The number of carboxylic acid groups (broad SMARTS) is 1. The summed E-state index contributed by atoms with van der Waals surface area (Å²) in [5.41, 5.74) is 2.74. The number of rotatable bonds is 5. The molecule has 1 aromatic heterocycles. The molecule has 6 heteroatoms. The number of fused-ring (bicyclic) bond motifs is 1. The van der Waals surface area contributed by atoms with Crippen molar-refractivity contribution in [1.82, 2.24) is 4.98 Å². The van der Waals surface area contributed by atoms with Crippen LogP contribution in [0, 0.1) is 0 Å². The van der Waals surface area contributed by atoms with Crippen LogP contribution in [0.4, 0.5) is 11.7 Å². The van der Waals surface area contributed by atoms with Gasteiger partial charge in [-0.1, -0.05) is 24.6 Å². The van der Waals surface area contributed by atoms with Crippen LogP contribution in [0.3, 0.4) is 0 Å². The molecule has 1 atom stereocenters. The number of halogens is 1. The van der Waals surface area contributed by atoms with E-state index in [0.29, 0.717) is 34.1 Å². The van der Waals surface area contributed by atoms with E-state index in [2.05, 4.69) is 10.3 Å². The van der Waals surface area contributed by atoms with E-state index < -0.39 is 11.9 Å². The van der Waals surface area contributed by atoms with Gasteiger partial charge in [-0.2, -0.15) is 4.98 Å². The van der Waals surface area contributed by atoms with Gasteiger partial charge in [-0.05, 0) is 48.4 Å². The van der Waals surface area contributed by atoms with Gasteiger partial charge in [0.1, 0.15) is 5.52 Å². The standard InChI is InChI=1S/C17H15ClN2O3/c1-2-13(16(21)22)10-3-8-14-15(9-10)23-17(20-14)19-12-6-4-11(18)5-7-12/h3-9,13H,2H2,1H3,(H,19,20)(H,21,22). The van der Waals surface area contributed by atoms with E-state index in [9.17, 15) is 9.90 Å². The molecule has 0 aliphatic carbocycles. The lowest BCUT2D eigenvalue weighted by Gasteiger charge is -2.08. The third-order valence-electron chi connectivity index (χ3n) is 3.62. The Morgan fingerprint density at radius 3 is 2.70 bits per heavy atom. The zero-order valence-electron chi connectivity index (χ0n) is 12.4. The van der Waals surface area contributed by atoms with Gasteiger partial charge in [0, 0.05) is 10.7 Å². The van der Waals surface area contributed by atoms with Crippen molar-refractivity contribution in [1.29, 1.82) is 0 Å². The van der Waals surface area contributed by atoms with Gasteiger partial charge in [0.05, 0.1) is 5.92 Å².